The van der Waals surface area contributed by atoms with Gasteiger partial charge in [0, 0.05) is 13.6 Å². The number of hydrogen-bond donors (Lipinski definition) is 0. The van der Waals surface area contributed by atoms with Gasteiger partial charge >= 0.3 is 0 Å². The summed E-state index contributed by atoms with van der Waals surface area (Å²) in [5.74, 6) is -0.603. The number of hydrogen-bond acceptors (Lipinski definition) is 1. The van der Waals surface area contributed by atoms with E-state index < -0.39 is 0 Å². The molecule has 0 radical (unpaired) electrons. The minimum absolute atomic E-state index is 0.275. The molecule has 122 valence electrons. The van der Waals surface area contributed by atoms with Crippen molar-refractivity contribution >= 4 is 12.0 Å². The maximum atomic E-state index is 13.9. The van der Waals surface area contributed by atoms with Crippen LogP contribution in [0.3, 0.4) is 0 Å². The van der Waals surface area contributed by atoms with Crippen LogP contribution in [0.2, 0.25) is 0 Å². The maximum Gasteiger partial charge on any atom is 0.125 e. The molecule has 0 saturated heterocycles. The predicted molar refractivity (Wildman–Crippen MR) is 91.5 cm³/mol. The number of aliphatic imine (C=N–C) groups is 1. The van der Waals surface area contributed by atoms with E-state index >= 15 is 0 Å². The van der Waals surface area contributed by atoms with Crippen LogP contribution in [-0.4, -0.2) is 24.8 Å². The van der Waals surface area contributed by atoms with Crippen LogP contribution in [0.25, 0.3) is 0 Å². The lowest BCUT2D eigenvalue weighted by atomic mass is 9.96. The van der Waals surface area contributed by atoms with Gasteiger partial charge in [-0.25, -0.2) is 13.8 Å². The molecule has 0 saturated carbocycles. The molecule has 0 fully saturated rings. The van der Waals surface area contributed by atoms with Crippen LogP contribution in [-0.2, 0) is 6.42 Å². The van der Waals surface area contributed by atoms with Crippen molar-refractivity contribution in [2.24, 2.45) is 4.99 Å². The molecule has 0 N–H and O–H groups in total. The molecule has 0 aliphatic rings. The SMILES string of the molecule is CCN(C)C=Nc1cc(F)cc(Cc2cc(F)ccc2C)c1C. The molecular formula is C19H22F2N2. The largest absolute Gasteiger partial charge is 0.366 e. The van der Waals surface area contributed by atoms with Gasteiger partial charge in [-0.2, -0.15) is 0 Å². The van der Waals surface area contributed by atoms with E-state index in [1.165, 1.54) is 24.3 Å². The second-order valence-corrected chi connectivity index (χ2v) is 5.77. The summed E-state index contributed by atoms with van der Waals surface area (Å²) in [6.45, 7) is 6.69. The monoisotopic (exact) mass is 316 g/mol. The lowest BCUT2D eigenvalue weighted by Gasteiger charge is -2.13. The van der Waals surface area contributed by atoms with Gasteiger partial charge in [0.25, 0.3) is 0 Å². The summed E-state index contributed by atoms with van der Waals surface area (Å²) in [5, 5.41) is 0. The number of nitrogens with zero attached hydrogens (tertiary/aromatic N) is 2. The summed E-state index contributed by atoms with van der Waals surface area (Å²) >= 11 is 0. The Balaban J connectivity index is 2.37. The summed E-state index contributed by atoms with van der Waals surface area (Å²) in [6.07, 6.45) is 2.18. The van der Waals surface area contributed by atoms with Crippen LogP contribution >= 0.6 is 0 Å². The normalized spacial score (nSPS) is 11.2. The fourth-order valence-corrected chi connectivity index (χ4v) is 2.32. The zero-order valence-corrected chi connectivity index (χ0v) is 14.0. The van der Waals surface area contributed by atoms with Crippen molar-refractivity contribution in [2.75, 3.05) is 13.6 Å². The topological polar surface area (TPSA) is 15.6 Å². The van der Waals surface area contributed by atoms with Crippen molar-refractivity contribution < 1.29 is 8.78 Å². The molecule has 2 aromatic carbocycles. The van der Waals surface area contributed by atoms with Crippen molar-refractivity contribution in [3.05, 3.63) is 64.2 Å². The van der Waals surface area contributed by atoms with Gasteiger partial charge in [-0.15, -0.1) is 0 Å². The highest BCUT2D eigenvalue weighted by Gasteiger charge is 2.10. The van der Waals surface area contributed by atoms with Gasteiger partial charge < -0.3 is 4.90 Å². The number of benzene rings is 2. The first-order chi connectivity index (χ1) is 10.9. The minimum atomic E-state index is -0.328. The Bertz CT molecular complexity index is 724. The second kappa shape index (κ2) is 7.36. The zero-order valence-electron chi connectivity index (χ0n) is 14.0. The molecule has 0 aromatic heterocycles. The maximum absolute atomic E-state index is 13.9. The van der Waals surface area contributed by atoms with E-state index in [9.17, 15) is 8.78 Å². The number of rotatable bonds is 5. The van der Waals surface area contributed by atoms with Gasteiger partial charge in [0.05, 0.1) is 12.0 Å². The first-order valence-electron chi connectivity index (χ1n) is 7.69. The van der Waals surface area contributed by atoms with Gasteiger partial charge in [0.15, 0.2) is 0 Å². The lowest BCUT2D eigenvalue weighted by molar-refractivity contribution is 0.552. The Morgan fingerprint density at radius 3 is 2.43 bits per heavy atom. The summed E-state index contributed by atoms with van der Waals surface area (Å²) < 4.78 is 27.4. The molecule has 0 aliphatic carbocycles. The molecule has 23 heavy (non-hydrogen) atoms. The van der Waals surface area contributed by atoms with Crippen molar-refractivity contribution in [1.29, 1.82) is 0 Å². The van der Waals surface area contributed by atoms with E-state index in [0.717, 1.165) is 28.8 Å². The van der Waals surface area contributed by atoms with Crippen LogP contribution in [0, 0.1) is 25.5 Å². The van der Waals surface area contributed by atoms with Crippen LogP contribution in [0.5, 0.6) is 0 Å². The molecule has 0 atom stereocenters. The average Bonchev–Trinajstić information content (AvgIpc) is 2.52. The summed E-state index contributed by atoms with van der Waals surface area (Å²) in [4.78, 5) is 6.28. The summed E-state index contributed by atoms with van der Waals surface area (Å²) in [7, 11) is 1.91. The van der Waals surface area contributed by atoms with Gasteiger partial charge in [-0.1, -0.05) is 6.07 Å². The third-order valence-corrected chi connectivity index (χ3v) is 4.04. The first kappa shape index (κ1) is 17.1. The molecule has 0 unspecified atom stereocenters. The minimum Gasteiger partial charge on any atom is -0.366 e. The fourth-order valence-electron chi connectivity index (χ4n) is 2.32. The highest BCUT2D eigenvalue weighted by Crippen LogP contribution is 2.26. The summed E-state index contributed by atoms with van der Waals surface area (Å²) in [5.41, 5.74) is 4.19. The van der Waals surface area contributed by atoms with E-state index in [-0.39, 0.29) is 11.6 Å². The highest BCUT2D eigenvalue weighted by molar-refractivity contribution is 5.64. The Morgan fingerprint density at radius 2 is 1.74 bits per heavy atom. The van der Waals surface area contributed by atoms with Gasteiger partial charge in [-0.05, 0) is 73.7 Å². The Kier molecular flexibility index (Phi) is 5.48. The van der Waals surface area contributed by atoms with Crippen LogP contribution in [0.1, 0.15) is 29.2 Å². The molecule has 2 nitrogen and oxygen atoms in total. The molecule has 0 heterocycles. The quantitative estimate of drug-likeness (QED) is 0.572. The van der Waals surface area contributed by atoms with E-state index in [1.807, 2.05) is 32.7 Å². The molecule has 0 aliphatic heterocycles. The highest BCUT2D eigenvalue weighted by atomic mass is 19.1. The van der Waals surface area contributed by atoms with Crippen LogP contribution < -0.4 is 0 Å². The Labute approximate surface area is 136 Å². The molecule has 2 aromatic rings. The third-order valence-electron chi connectivity index (χ3n) is 4.04. The van der Waals surface area contributed by atoms with Gasteiger partial charge in [-0.3, -0.25) is 0 Å². The Hall–Kier alpha value is -2.23. The van der Waals surface area contributed by atoms with Crippen molar-refractivity contribution in [3.8, 4) is 0 Å². The standard InChI is InChI=1S/C19H22F2N2/c1-5-23(4)12-22-19-11-18(21)10-16(14(19)3)8-15-9-17(20)7-6-13(15)2/h6-7,9-12H,5,8H2,1-4H3. The molecule has 0 bridgehead atoms. The number of aryl methyl sites for hydroxylation is 1. The van der Waals surface area contributed by atoms with Gasteiger partial charge in [0.2, 0.25) is 0 Å². The van der Waals surface area contributed by atoms with Crippen molar-refractivity contribution in [3.63, 3.8) is 0 Å². The predicted octanol–water partition coefficient (Wildman–Crippen LogP) is 4.78. The van der Waals surface area contributed by atoms with Crippen LogP contribution in [0.15, 0.2) is 35.3 Å². The van der Waals surface area contributed by atoms with Crippen molar-refractivity contribution in [2.45, 2.75) is 27.2 Å². The molecule has 2 rings (SSSR count). The smallest absolute Gasteiger partial charge is 0.125 e. The molecular weight excluding hydrogens is 294 g/mol. The Morgan fingerprint density at radius 1 is 1.04 bits per heavy atom. The van der Waals surface area contributed by atoms with E-state index in [0.29, 0.717) is 12.1 Å². The van der Waals surface area contributed by atoms with E-state index in [4.69, 9.17) is 0 Å². The van der Waals surface area contributed by atoms with Gasteiger partial charge in [0.1, 0.15) is 11.6 Å². The summed E-state index contributed by atoms with van der Waals surface area (Å²) in [6, 6.07) is 7.62. The fraction of sp³-hybridized carbons (Fsp3) is 0.316. The lowest BCUT2D eigenvalue weighted by Crippen LogP contribution is -2.14. The van der Waals surface area contributed by atoms with E-state index in [2.05, 4.69) is 4.99 Å². The molecule has 0 spiro atoms. The third kappa shape index (κ3) is 4.38. The van der Waals surface area contributed by atoms with Crippen LogP contribution in [0.4, 0.5) is 14.5 Å². The molecule has 0 amide bonds. The molecule has 4 heteroatoms. The average molecular weight is 316 g/mol. The second-order valence-electron chi connectivity index (χ2n) is 5.77. The van der Waals surface area contributed by atoms with Crippen molar-refractivity contribution in [1.82, 2.24) is 4.90 Å². The number of halogens is 2. The first-order valence-corrected chi connectivity index (χ1v) is 7.69. The zero-order chi connectivity index (χ0) is 17.0. The van der Waals surface area contributed by atoms with E-state index in [1.54, 1.807) is 12.4 Å².